The lowest BCUT2D eigenvalue weighted by Gasteiger charge is -2.21. The topological polar surface area (TPSA) is 21.7 Å². The van der Waals surface area contributed by atoms with Crippen molar-refractivity contribution in [2.45, 2.75) is 6.29 Å². The molecule has 3 heteroatoms. The molecule has 1 aliphatic heterocycles. The molecule has 1 heterocycles. The lowest BCUT2D eigenvalue weighted by molar-refractivity contribution is -0.0440. The van der Waals surface area contributed by atoms with Crippen molar-refractivity contribution >= 4 is 11.4 Å². The van der Waals surface area contributed by atoms with E-state index in [0.29, 0.717) is 13.2 Å². The molecule has 25 heavy (non-hydrogen) atoms. The van der Waals surface area contributed by atoms with Crippen molar-refractivity contribution in [3.8, 4) is 11.1 Å². The van der Waals surface area contributed by atoms with Crippen LogP contribution in [0.25, 0.3) is 11.1 Å². The molecular formula is C22H21NO2. The van der Waals surface area contributed by atoms with E-state index in [2.05, 4.69) is 72.6 Å². The minimum Gasteiger partial charge on any atom is -0.346 e. The molecule has 0 spiro atoms. The summed E-state index contributed by atoms with van der Waals surface area (Å²) in [6.45, 7) is 1.32. The van der Waals surface area contributed by atoms with E-state index in [-0.39, 0.29) is 6.29 Å². The van der Waals surface area contributed by atoms with Gasteiger partial charge >= 0.3 is 0 Å². The fourth-order valence-electron chi connectivity index (χ4n) is 3.09. The zero-order valence-corrected chi connectivity index (χ0v) is 14.3. The molecule has 1 saturated heterocycles. The summed E-state index contributed by atoms with van der Waals surface area (Å²) in [4.78, 5) is 2.17. The van der Waals surface area contributed by atoms with Crippen LogP contribution < -0.4 is 4.90 Å². The van der Waals surface area contributed by atoms with E-state index in [9.17, 15) is 0 Å². The molecule has 0 aromatic heterocycles. The van der Waals surface area contributed by atoms with Gasteiger partial charge in [0, 0.05) is 24.0 Å². The number of benzene rings is 3. The van der Waals surface area contributed by atoms with Crippen LogP contribution in [-0.4, -0.2) is 20.3 Å². The van der Waals surface area contributed by atoms with Crippen molar-refractivity contribution in [3.05, 3.63) is 84.4 Å². The van der Waals surface area contributed by atoms with Gasteiger partial charge in [-0.1, -0.05) is 54.6 Å². The number of anilines is 2. The second-order valence-electron chi connectivity index (χ2n) is 6.14. The Morgan fingerprint density at radius 3 is 2.12 bits per heavy atom. The van der Waals surface area contributed by atoms with E-state index in [1.807, 2.05) is 18.2 Å². The molecule has 0 N–H and O–H groups in total. The van der Waals surface area contributed by atoms with Gasteiger partial charge in [0.25, 0.3) is 0 Å². The number of hydrogen-bond acceptors (Lipinski definition) is 3. The Balaban J connectivity index is 1.56. The second kappa shape index (κ2) is 7.09. The summed E-state index contributed by atoms with van der Waals surface area (Å²) in [5.41, 5.74) is 5.77. The lowest BCUT2D eigenvalue weighted by Crippen LogP contribution is -2.10. The SMILES string of the molecule is CN(c1ccc(-c2ccccc2)cc1)c1cccc(C2OCCO2)c1. The highest BCUT2D eigenvalue weighted by Crippen LogP contribution is 2.30. The first kappa shape index (κ1) is 15.9. The van der Waals surface area contributed by atoms with Crippen molar-refractivity contribution in [1.82, 2.24) is 0 Å². The van der Waals surface area contributed by atoms with Crippen LogP contribution in [0.2, 0.25) is 0 Å². The number of nitrogens with zero attached hydrogens (tertiary/aromatic N) is 1. The Bertz CT molecular complexity index is 824. The standard InChI is InChI=1S/C22H21NO2/c1-23(21-9-5-8-19(16-21)22-24-14-15-25-22)20-12-10-18(11-13-20)17-6-3-2-4-7-17/h2-13,16,22H,14-15H2,1H3. The highest BCUT2D eigenvalue weighted by molar-refractivity contribution is 5.69. The average molecular weight is 331 g/mol. The molecule has 0 unspecified atom stereocenters. The summed E-state index contributed by atoms with van der Waals surface area (Å²) < 4.78 is 11.2. The first-order chi connectivity index (χ1) is 12.3. The normalized spacial score (nSPS) is 14.6. The molecule has 0 bridgehead atoms. The van der Waals surface area contributed by atoms with Crippen LogP contribution >= 0.6 is 0 Å². The van der Waals surface area contributed by atoms with Crippen LogP contribution in [0.1, 0.15) is 11.9 Å². The monoisotopic (exact) mass is 331 g/mol. The van der Waals surface area contributed by atoms with Gasteiger partial charge in [-0.15, -0.1) is 0 Å². The summed E-state index contributed by atoms with van der Waals surface area (Å²) in [6.07, 6.45) is -0.242. The minimum absolute atomic E-state index is 0.242. The summed E-state index contributed by atoms with van der Waals surface area (Å²) >= 11 is 0. The third kappa shape index (κ3) is 3.43. The summed E-state index contributed by atoms with van der Waals surface area (Å²) in [7, 11) is 2.08. The van der Waals surface area contributed by atoms with E-state index in [1.54, 1.807) is 0 Å². The van der Waals surface area contributed by atoms with Gasteiger partial charge in [-0.25, -0.2) is 0 Å². The van der Waals surface area contributed by atoms with E-state index in [1.165, 1.54) is 11.1 Å². The van der Waals surface area contributed by atoms with Gasteiger partial charge in [0.1, 0.15) is 0 Å². The van der Waals surface area contributed by atoms with Crippen LogP contribution in [0, 0.1) is 0 Å². The van der Waals surface area contributed by atoms with Gasteiger partial charge in [-0.05, 0) is 35.4 Å². The van der Waals surface area contributed by atoms with E-state index in [0.717, 1.165) is 16.9 Å². The third-order valence-electron chi connectivity index (χ3n) is 4.51. The highest BCUT2D eigenvalue weighted by Gasteiger charge is 2.18. The van der Waals surface area contributed by atoms with Crippen LogP contribution in [0.15, 0.2) is 78.9 Å². The van der Waals surface area contributed by atoms with Gasteiger partial charge in [0.15, 0.2) is 6.29 Å². The predicted molar refractivity (Wildman–Crippen MR) is 101 cm³/mol. The smallest absolute Gasteiger partial charge is 0.184 e. The maximum Gasteiger partial charge on any atom is 0.184 e. The Hall–Kier alpha value is -2.62. The van der Waals surface area contributed by atoms with E-state index in [4.69, 9.17) is 9.47 Å². The van der Waals surface area contributed by atoms with Gasteiger partial charge in [-0.3, -0.25) is 0 Å². The van der Waals surface area contributed by atoms with E-state index >= 15 is 0 Å². The maximum atomic E-state index is 5.60. The molecular weight excluding hydrogens is 310 g/mol. The minimum atomic E-state index is -0.242. The molecule has 0 atom stereocenters. The van der Waals surface area contributed by atoms with Crippen LogP contribution in [0.5, 0.6) is 0 Å². The molecule has 3 nitrogen and oxygen atoms in total. The Morgan fingerprint density at radius 1 is 0.720 bits per heavy atom. The second-order valence-corrected chi connectivity index (χ2v) is 6.14. The predicted octanol–water partition coefficient (Wildman–Crippen LogP) is 5.17. The molecule has 4 rings (SSSR count). The van der Waals surface area contributed by atoms with Gasteiger partial charge in [0.05, 0.1) is 13.2 Å². The summed E-state index contributed by atoms with van der Waals surface area (Å²) in [5, 5.41) is 0. The Labute approximate surface area is 148 Å². The first-order valence-electron chi connectivity index (χ1n) is 8.54. The molecule has 126 valence electrons. The molecule has 3 aromatic rings. The molecule has 0 amide bonds. The summed E-state index contributed by atoms with van der Waals surface area (Å²) in [6, 6.07) is 27.4. The largest absolute Gasteiger partial charge is 0.346 e. The fraction of sp³-hybridized carbons (Fsp3) is 0.182. The van der Waals surface area contributed by atoms with Crippen LogP contribution in [0.3, 0.4) is 0 Å². The molecule has 1 aliphatic rings. The zero-order valence-electron chi connectivity index (χ0n) is 14.3. The molecule has 3 aromatic carbocycles. The van der Waals surface area contributed by atoms with Crippen molar-refractivity contribution in [1.29, 1.82) is 0 Å². The average Bonchev–Trinajstić information content (AvgIpc) is 3.23. The van der Waals surface area contributed by atoms with Crippen molar-refractivity contribution in [2.75, 3.05) is 25.2 Å². The van der Waals surface area contributed by atoms with Gasteiger partial charge < -0.3 is 14.4 Å². The van der Waals surface area contributed by atoms with E-state index < -0.39 is 0 Å². The summed E-state index contributed by atoms with van der Waals surface area (Å²) in [5.74, 6) is 0. The molecule has 0 saturated carbocycles. The fourth-order valence-corrected chi connectivity index (χ4v) is 3.09. The van der Waals surface area contributed by atoms with Crippen LogP contribution in [-0.2, 0) is 9.47 Å². The molecule has 1 fully saturated rings. The number of ether oxygens (including phenoxy) is 2. The zero-order chi connectivity index (χ0) is 17.1. The van der Waals surface area contributed by atoms with Crippen molar-refractivity contribution in [2.24, 2.45) is 0 Å². The first-order valence-corrected chi connectivity index (χ1v) is 8.54. The van der Waals surface area contributed by atoms with Gasteiger partial charge in [-0.2, -0.15) is 0 Å². The third-order valence-corrected chi connectivity index (χ3v) is 4.51. The molecule has 0 radical (unpaired) electrons. The van der Waals surface area contributed by atoms with Crippen LogP contribution in [0.4, 0.5) is 11.4 Å². The highest BCUT2D eigenvalue weighted by atomic mass is 16.7. The Morgan fingerprint density at radius 2 is 1.40 bits per heavy atom. The van der Waals surface area contributed by atoms with Gasteiger partial charge in [0.2, 0.25) is 0 Å². The van der Waals surface area contributed by atoms with Crippen molar-refractivity contribution in [3.63, 3.8) is 0 Å². The lowest BCUT2D eigenvalue weighted by atomic mass is 10.1. The quantitative estimate of drug-likeness (QED) is 0.658. The Kier molecular flexibility index (Phi) is 4.51. The maximum absolute atomic E-state index is 5.60. The molecule has 0 aliphatic carbocycles. The number of rotatable bonds is 4. The number of hydrogen-bond donors (Lipinski definition) is 0. The van der Waals surface area contributed by atoms with Crippen molar-refractivity contribution < 1.29 is 9.47 Å².